The van der Waals surface area contributed by atoms with Crippen LogP contribution in [-0.4, -0.2) is 36.0 Å². The third kappa shape index (κ3) is 7.75. The topological polar surface area (TPSA) is 119 Å². The average molecular weight is 407 g/mol. The number of ether oxygens (including phenoxy) is 1. The Bertz CT molecular complexity index is 722. The molecular weight excluding hydrogens is 372 g/mol. The summed E-state index contributed by atoms with van der Waals surface area (Å²) in [4.78, 5) is 33.6. The number of aromatic hydroxyl groups is 1. The van der Waals surface area contributed by atoms with Gasteiger partial charge in [-0.05, 0) is 40.4 Å². The maximum atomic E-state index is 12.0. The molecule has 0 aliphatic carbocycles. The number of esters is 1. The zero-order valence-corrected chi connectivity index (χ0v) is 18.3. The van der Waals surface area contributed by atoms with Crippen molar-refractivity contribution < 1.29 is 24.2 Å². The molecule has 0 heterocycles. The van der Waals surface area contributed by atoms with E-state index in [1.807, 2.05) is 53.7 Å². The summed E-state index contributed by atoms with van der Waals surface area (Å²) in [5, 5.41) is 13.1. The second-order valence-electron chi connectivity index (χ2n) is 9.23. The predicted molar refractivity (Wildman–Crippen MR) is 112 cm³/mol. The molecule has 0 saturated heterocycles. The van der Waals surface area contributed by atoms with Crippen molar-refractivity contribution in [1.29, 1.82) is 0 Å². The first-order chi connectivity index (χ1) is 13.2. The summed E-state index contributed by atoms with van der Waals surface area (Å²) in [6.45, 7) is 12.6. The molecule has 7 heteroatoms. The standard InChI is InChI=1S/C22H34N2O5/c1-21(2,3)15-12-14(13-16(18(15)26)22(4,5)6)8-9-17(25)29-11-7-10-24-20(28)19(23)27/h12-13,26H,7-11H2,1-6H3,(H2,23,27)(H,24,28). The highest BCUT2D eigenvalue weighted by Crippen LogP contribution is 2.39. The van der Waals surface area contributed by atoms with Gasteiger partial charge in [0.2, 0.25) is 0 Å². The van der Waals surface area contributed by atoms with Gasteiger partial charge in [-0.1, -0.05) is 53.7 Å². The van der Waals surface area contributed by atoms with Crippen molar-refractivity contribution in [3.63, 3.8) is 0 Å². The molecule has 29 heavy (non-hydrogen) atoms. The minimum Gasteiger partial charge on any atom is -0.507 e. The quantitative estimate of drug-likeness (QED) is 0.365. The number of hydrogen-bond acceptors (Lipinski definition) is 5. The van der Waals surface area contributed by atoms with Gasteiger partial charge in [0, 0.05) is 13.0 Å². The van der Waals surface area contributed by atoms with E-state index in [4.69, 9.17) is 10.5 Å². The zero-order valence-electron chi connectivity index (χ0n) is 18.3. The molecule has 2 amide bonds. The van der Waals surface area contributed by atoms with Gasteiger partial charge < -0.3 is 20.9 Å². The van der Waals surface area contributed by atoms with Crippen LogP contribution in [-0.2, 0) is 36.4 Å². The van der Waals surface area contributed by atoms with E-state index in [0.717, 1.165) is 16.7 Å². The van der Waals surface area contributed by atoms with Gasteiger partial charge in [0.05, 0.1) is 6.61 Å². The fourth-order valence-electron chi connectivity index (χ4n) is 2.85. The van der Waals surface area contributed by atoms with Crippen molar-refractivity contribution in [3.8, 4) is 5.75 Å². The molecule has 0 bridgehead atoms. The molecule has 0 unspecified atom stereocenters. The van der Waals surface area contributed by atoms with Gasteiger partial charge in [0.15, 0.2) is 0 Å². The van der Waals surface area contributed by atoms with E-state index >= 15 is 0 Å². The first-order valence-corrected chi connectivity index (χ1v) is 9.83. The number of rotatable bonds is 7. The molecule has 0 aromatic heterocycles. The highest BCUT2D eigenvalue weighted by Gasteiger charge is 2.26. The van der Waals surface area contributed by atoms with E-state index in [9.17, 15) is 19.5 Å². The number of aryl methyl sites for hydroxylation is 1. The van der Waals surface area contributed by atoms with Crippen LogP contribution in [0.5, 0.6) is 5.75 Å². The van der Waals surface area contributed by atoms with E-state index < -0.39 is 11.8 Å². The average Bonchev–Trinajstić information content (AvgIpc) is 2.58. The van der Waals surface area contributed by atoms with Crippen molar-refractivity contribution in [1.82, 2.24) is 5.32 Å². The van der Waals surface area contributed by atoms with Crippen LogP contribution in [0.4, 0.5) is 0 Å². The lowest BCUT2D eigenvalue weighted by Crippen LogP contribution is -2.36. The first kappa shape index (κ1) is 24.5. The smallest absolute Gasteiger partial charge is 0.309 e. The van der Waals surface area contributed by atoms with E-state index in [1.165, 1.54) is 0 Å². The van der Waals surface area contributed by atoms with Gasteiger partial charge in [-0.25, -0.2) is 0 Å². The van der Waals surface area contributed by atoms with Gasteiger partial charge in [-0.3, -0.25) is 14.4 Å². The number of phenolic OH excluding ortho intramolecular Hbond substituents is 1. The highest BCUT2D eigenvalue weighted by molar-refractivity contribution is 6.34. The van der Waals surface area contributed by atoms with Crippen molar-refractivity contribution in [2.24, 2.45) is 5.73 Å². The lowest BCUT2D eigenvalue weighted by molar-refractivity contribution is -0.143. The third-order valence-electron chi connectivity index (χ3n) is 4.50. The lowest BCUT2D eigenvalue weighted by atomic mass is 9.78. The van der Waals surface area contributed by atoms with E-state index in [1.54, 1.807) is 0 Å². The van der Waals surface area contributed by atoms with Gasteiger partial charge >= 0.3 is 17.8 Å². The molecule has 0 spiro atoms. The molecule has 0 atom stereocenters. The lowest BCUT2D eigenvalue weighted by Gasteiger charge is -2.28. The van der Waals surface area contributed by atoms with Gasteiger partial charge in [0.1, 0.15) is 5.75 Å². The van der Waals surface area contributed by atoms with Crippen LogP contribution < -0.4 is 11.1 Å². The van der Waals surface area contributed by atoms with E-state index in [-0.39, 0.29) is 36.4 Å². The van der Waals surface area contributed by atoms with Gasteiger partial charge in [-0.15, -0.1) is 0 Å². The summed E-state index contributed by atoms with van der Waals surface area (Å²) in [5.74, 6) is -1.92. The summed E-state index contributed by atoms with van der Waals surface area (Å²) in [6, 6.07) is 3.91. The van der Waals surface area contributed by atoms with Crippen molar-refractivity contribution in [2.75, 3.05) is 13.2 Å². The molecule has 162 valence electrons. The van der Waals surface area contributed by atoms with Crippen LogP contribution in [0, 0.1) is 0 Å². The Hall–Kier alpha value is -2.57. The monoisotopic (exact) mass is 406 g/mol. The molecule has 1 rings (SSSR count). The first-order valence-electron chi connectivity index (χ1n) is 9.83. The van der Waals surface area contributed by atoms with Crippen LogP contribution in [0.2, 0.25) is 0 Å². The number of amides is 2. The number of hydrogen-bond donors (Lipinski definition) is 3. The molecule has 1 aromatic carbocycles. The molecule has 0 aliphatic rings. The van der Waals surface area contributed by atoms with Crippen LogP contribution in [0.25, 0.3) is 0 Å². The minimum absolute atomic E-state index is 0.147. The predicted octanol–water partition coefficient (Wildman–Crippen LogP) is 2.45. The largest absolute Gasteiger partial charge is 0.507 e. The second kappa shape index (κ2) is 9.76. The Labute approximate surface area is 173 Å². The summed E-state index contributed by atoms with van der Waals surface area (Å²) >= 11 is 0. The highest BCUT2D eigenvalue weighted by atomic mass is 16.5. The van der Waals surface area contributed by atoms with Crippen LogP contribution >= 0.6 is 0 Å². The van der Waals surface area contributed by atoms with Crippen molar-refractivity contribution >= 4 is 17.8 Å². The van der Waals surface area contributed by atoms with Gasteiger partial charge in [0.25, 0.3) is 0 Å². The molecule has 7 nitrogen and oxygen atoms in total. The van der Waals surface area contributed by atoms with Crippen molar-refractivity contribution in [2.45, 2.75) is 71.6 Å². The summed E-state index contributed by atoms with van der Waals surface area (Å²) < 4.78 is 5.17. The number of phenols is 1. The molecule has 0 aliphatic heterocycles. The number of carbonyl (C=O) groups is 3. The summed E-state index contributed by atoms with van der Waals surface area (Å²) in [5.41, 5.74) is 7.07. The number of primary amides is 1. The molecule has 0 saturated carbocycles. The second-order valence-corrected chi connectivity index (χ2v) is 9.23. The Morgan fingerprint density at radius 2 is 1.55 bits per heavy atom. The SMILES string of the molecule is CC(C)(C)c1cc(CCC(=O)OCCCNC(=O)C(N)=O)cc(C(C)(C)C)c1O. The zero-order chi connectivity index (χ0) is 22.4. The Kier molecular flexibility index (Phi) is 8.24. The van der Waals surface area contributed by atoms with Gasteiger partial charge in [-0.2, -0.15) is 0 Å². The molecule has 1 aromatic rings. The molecule has 4 N–H and O–H groups in total. The maximum Gasteiger partial charge on any atom is 0.309 e. The molecule has 0 radical (unpaired) electrons. The normalized spacial score (nSPS) is 11.8. The number of benzene rings is 1. The summed E-state index contributed by atoms with van der Waals surface area (Å²) in [6.07, 6.45) is 1.11. The Balaban J connectivity index is 2.68. The third-order valence-corrected chi connectivity index (χ3v) is 4.50. The van der Waals surface area contributed by atoms with E-state index in [0.29, 0.717) is 18.6 Å². The molecule has 0 fully saturated rings. The number of nitrogens with two attached hydrogens (primary N) is 1. The fourth-order valence-corrected chi connectivity index (χ4v) is 2.85. The minimum atomic E-state index is -1.04. The maximum absolute atomic E-state index is 12.0. The van der Waals surface area contributed by atoms with Crippen LogP contribution in [0.1, 0.15) is 71.1 Å². The number of nitrogens with one attached hydrogen (secondary N) is 1. The number of carbonyl (C=O) groups excluding carboxylic acids is 3. The Morgan fingerprint density at radius 1 is 1.03 bits per heavy atom. The van der Waals surface area contributed by atoms with Crippen LogP contribution in [0.3, 0.4) is 0 Å². The van der Waals surface area contributed by atoms with Crippen molar-refractivity contribution in [3.05, 3.63) is 28.8 Å². The van der Waals surface area contributed by atoms with Crippen LogP contribution in [0.15, 0.2) is 12.1 Å². The Morgan fingerprint density at radius 3 is 2.00 bits per heavy atom. The molecular formula is C22H34N2O5. The summed E-state index contributed by atoms with van der Waals surface area (Å²) in [7, 11) is 0. The van der Waals surface area contributed by atoms with E-state index in [2.05, 4.69) is 5.32 Å². The fraction of sp³-hybridized carbons (Fsp3) is 0.591.